The van der Waals surface area contributed by atoms with E-state index in [1.807, 2.05) is 25.1 Å². The molecule has 0 unspecified atom stereocenters. The van der Waals surface area contributed by atoms with Gasteiger partial charge in [0.15, 0.2) is 5.82 Å². The minimum Gasteiger partial charge on any atom is -0.495 e. The van der Waals surface area contributed by atoms with E-state index in [-0.39, 0.29) is 5.69 Å². The van der Waals surface area contributed by atoms with Crippen LogP contribution in [-0.4, -0.2) is 28.1 Å². The van der Waals surface area contributed by atoms with Crippen LogP contribution in [0.15, 0.2) is 34.9 Å². The van der Waals surface area contributed by atoms with Crippen LogP contribution in [0.2, 0.25) is 0 Å². The van der Waals surface area contributed by atoms with E-state index < -0.39 is 5.91 Å². The molecular formula is C18H19N5O3. The molecule has 2 heterocycles. The Morgan fingerprint density at radius 1 is 1.08 bits per heavy atom. The standard InChI is InChI=1S/C18H19N5O3/c1-10-5-6-15(25-4)13(7-10)21-16-9-14(19-12(3)20-16)18(24)22-17-8-11(2)26-23-17/h5-9H,1-4H3,(H,19,20,21)(H,22,23,24). The smallest absolute Gasteiger partial charge is 0.275 e. The monoisotopic (exact) mass is 353 g/mol. The van der Waals surface area contributed by atoms with E-state index in [1.54, 1.807) is 33.1 Å². The first kappa shape index (κ1) is 17.4. The number of nitrogens with zero attached hydrogens (tertiary/aromatic N) is 3. The van der Waals surface area contributed by atoms with Crippen molar-refractivity contribution in [3.63, 3.8) is 0 Å². The molecule has 3 rings (SSSR count). The van der Waals surface area contributed by atoms with Crippen molar-refractivity contribution < 1.29 is 14.1 Å². The van der Waals surface area contributed by atoms with Gasteiger partial charge in [-0.2, -0.15) is 0 Å². The number of nitrogens with one attached hydrogen (secondary N) is 2. The zero-order valence-corrected chi connectivity index (χ0v) is 15.0. The maximum absolute atomic E-state index is 12.4. The second-order valence-corrected chi connectivity index (χ2v) is 5.79. The van der Waals surface area contributed by atoms with Gasteiger partial charge in [0.2, 0.25) is 0 Å². The Hall–Kier alpha value is -3.42. The van der Waals surface area contributed by atoms with E-state index in [1.165, 1.54) is 0 Å². The van der Waals surface area contributed by atoms with Crippen molar-refractivity contribution in [3.05, 3.63) is 53.2 Å². The molecule has 134 valence electrons. The van der Waals surface area contributed by atoms with Gasteiger partial charge in [-0.3, -0.25) is 4.79 Å². The van der Waals surface area contributed by atoms with Gasteiger partial charge in [0, 0.05) is 12.1 Å². The van der Waals surface area contributed by atoms with E-state index in [9.17, 15) is 4.79 Å². The molecular weight excluding hydrogens is 334 g/mol. The zero-order valence-electron chi connectivity index (χ0n) is 15.0. The Morgan fingerprint density at radius 2 is 1.88 bits per heavy atom. The summed E-state index contributed by atoms with van der Waals surface area (Å²) in [6.07, 6.45) is 0. The van der Waals surface area contributed by atoms with Crippen molar-refractivity contribution in [1.29, 1.82) is 0 Å². The molecule has 3 aromatic rings. The number of ether oxygens (including phenoxy) is 1. The lowest BCUT2D eigenvalue weighted by Gasteiger charge is -2.12. The number of aromatic nitrogens is 3. The summed E-state index contributed by atoms with van der Waals surface area (Å²) in [5.41, 5.74) is 2.04. The van der Waals surface area contributed by atoms with Crippen molar-refractivity contribution in [3.8, 4) is 5.75 Å². The molecule has 0 spiro atoms. The Balaban J connectivity index is 1.86. The van der Waals surface area contributed by atoms with Crippen LogP contribution in [0.1, 0.15) is 27.6 Å². The fourth-order valence-electron chi connectivity index (χ4n) is 2.41. The van der Waals surface area contributed by atoms with Crippen molar-refractivity contribution in [1.82, 2.24) is 15.1 Å². The van der Waals surface area contributed by atoms with E-state index in [4.69, 9.17) is 9.26 Å². The van der Waals surface area contributed by atoms with Gasteiger partial charge < -0.3 is 19.9 Å². The minimum absolute atomic E-state index is 0.215. The van der Waals surface area contributed by atoms with Gasteiger partial charge in [-0.15, -0.1) is 0 Å². The molecule has 0 bridgehead atoms. The van der Waals surface area contributed by atoms with Crippen molar-refractivity contribution in [2.45, 2.75) is 20.8 Å². The van der Waals surface area contributed by atoms with Crippen LogP contribution in [0.25, 0.3) is 0 Å². The van der Waals surface area contributed by atoms with Crippen LogP contribution in [0.5, 0.6) is 5.75 Å². The number of methoxy groups -OCH3 is 1. The van der Waals surface area contributed by atoms with Gasteiger partial charge in [0.05, 0.1) is 12.8 Å². The highest BCUT2D eigenvalue weighted by Gasteiger charge is 2.14. The normalized spacial score (nSPS) is 10.5. The lowest BCUT2D eigenvalue weighted by atomic mass is 10.2. The predicted octanol–water partition coefficient (Wildman–Crippen LogP) is 3.39. The largest absolute Gasteiger partial charge is 0.495 e. The van der Waals surface area contributed by atoms with Gasteiger partial charge in [-0.05, 0) is 38.5 Å². The van der Waals surface area contributed by atoms with Gasteiger partial charge in [0.1, 0.15) is 28.8 Å². The van der Waals surface area contributed by atoms with E-state index in [2.05, 4.69) is 25.8 Å². The molecule has 0 atom stereocenters. The number of benzene rings is 1. The maximum atomic E-state index is 12.4. The molecule has 1 amide bonds. The fourth-order valence-corrected chi connectivity index (χ4v) is 2.41. The summed E-state index contributed by atoms with van der Waals surface area (Å²) in [7, 11) is 1.60. The Morgan fingerprint density at radius 3 is 2.58 bits per heavy atom. The average molecular weight is 353 g/mol. The number of carbonyl (C=O) groups excluding carboxylic acids is 1. The summed E-state index contributed by atoms with van der Waals surface area (Å²) in [5.74, 6) is 2.16. The summed E-state index contributed by atoms with van der Waals surface area (Å²) >= 11 is 0. The Labute approximate surface area is 150 Å². The molecule has 0 aliphatic heterocycles. The first-order chi connectivity index (χ1) is 12.4. The van der Waals surface area contributed by atoms with Gasteiger partial charge in [-0.25, -0.2) is 9.97 Å². The molecule has 2 N–H and O–H groups in total. The molecule has 0 fully saturated rings. The Bertz CT molecular complexity index is 952. The average Bonchev–Trinajstić information content (AvgIpc) is 2.99. The first-order valence-corrected chi connectivity index (χ1v) is 7.96. The molecule has 8 nitrogen and oxygen atoms in total. The number of amides is 1. The van der Waals surface area contributed by atoms with Crippen LogP contribution in [0.3, 0.4) is 0 Å². The van der Waals surface area contributed by atoms with Crippen LogP contribution >= 0.6 is 0 Å². The highest BCUT2D eigenvalue weighted by atomic mass is 16.5. The van der Waals surface area contributed by atoms with Crippen LogP contribution < -0.4 is 15.4 Å². The molecule has 0 saturated carbocycles. The number of hydrogen-bond acceptors (Lipinski definition) is 7. The van der Waals surface area contributed by atoms with E-state index in [0.29, 0.717) is 29.0 Å². The zero-order chi connectivity index (χ0) is 18.7. The van der Waals surface area contributed by atoms with Crippen molar-refractivity contribution in [2.75, 3.05) is 17.7 Å². The molecule has 1 aromatic carbocycles. The van der Waals surface area contributed by atoms with Gasteiger partial charge in [0.25, 0.3) is 5.91 Å². The summed E-state index contributed by atoms with van der Waals surface area (Å²) < 4.78 is 10.3. The SMILES string of the molecule is COc1ccc(C)cc1Nc1cc(C(=O)Nc2cc(C)on2)nc(C)n1. The maximum Gasteiger partial charge on any atom is 0.275 e. The fraction of sp³-hybridized carbons (Fsp3) is 0.222. The molecule has 0 saturated heterocycles. The van der Waals surface area contributed by atoms with Crippen LogP contribution in [0, 0.1) is 20.8 Å². The third-order valence-electron chi connectivity index (χ3n) is 3.56. The highest BCUT2D eigenvalue weighted by Crippen LogP contribution is 2.28. The van der Waals surface area contributed by atoms with Crippen molar-refractivity contribution >= 4 is 23.2 Å². The third-order valence-corrected chi connectivity index (χ3v) is 3.56. The quantitative estimate of drug-likeness (QED) is 0.725. The lowest BCUT2D eigenvalue weighted by molar-refractivity contribution is 0.102. The first-order valence-electron chi connectivity index (χ1n) is 7.96. The molecule has 0 aliphatic carbocycles. The lowest BCUT2D eigenvalue weighted by Crippen LogP contribution is -2.15. The van der Waals surface area contributed by atoms with Crippen LogP contribution in [0.4, 0.5) is 17.3 Å². The summed E-state index contributed by atoms with van der Waals surface area (Å²) in [4.78, 5) is 20.9. The second kappa shape index (κ2) is 7.22. The van der Waals surface area contributed by atoms with Gasteiger partial charge >= 0.3 is 0 Å². The number of rotatable bonds is 5. The molecule has 0 radical (unpaired) electrons. The molecule has 26 heavy (non-hydrogen) atoms. The van der Waals surface area contributed by atoms with Gasteiger partial charge in [-0.1, -0.05) is 11.2 Å². The topological polar surface area (TPSA) is 102 Å². The molecule has 0 aliphatic rings. The predicted molar refractivity (Wildman–Crippen MR) is 97.0 cm³/mol. The van der Waals surface area contributed by atoms with Crippen LogP contribution in [-0.2, 0) is 0 Å². The van der Waals surface area contributed by atoms with E-state index in [0.717, 1.165) is 11.3 Å². The van der Waals surface area contributed by atoms with Crippen molar-refractivity contribution in [2.24, 2.45) is 0 Å². The number of hydrogen-bond donors (Lipinski definition) is 2. The molecule has 2 aromatic heterocycles. The summed E-state index contributed by atoms with van der Waals surface area (Å²) in [6.45, 7) is 5.44. The summed E-state index contributed by atoms with van der Waals surface area (Å²) in [5, 5.41) is 9.56. The third kappa shape index (κ3) is 3.97. The number of anilines is 3. The molecule has 8 heteroatoms. The second-order valence-electron chi connectivity index (χ2n) is 5.79. The highest BCUT2D eigenvalue weighted by molar-refractivity contribution is 6.02. The number of aryl methyl sites for hydroxylation is 3. The van der Waals surface area contributed by atoms with E-state index >= 15 is 0 Å². The number of carbonyl (C=O) groups is 1. The minimum atomic E-state index is -0.400. The Kier molecular flexibility index (Phi) is 4.83. The summed E-state index contributed by atoms with van der Waals surface area (Å²) in [6, 6.07) is 8.95.